The lowest BCUT2D eigenvalue weighted by atomic mass is 10.1. The molecule has 0 unspecified atom stereocenters. The van der Waals surface area contributed by atoms with Crippen LogP contribution in [0.1, 0.15) is 31.2 Å². The normalized spacial score (nSPS) is 14.5. The van der Waals surface area contributed by atoms with E-state index in [4.69, 9.17) is 11.6 Å². The van der Waals surface area contributed by atoms with E-state index in [1.54, 1.807) is 18.0 Å². The molecule has 9 heteroatoms. The Balaban J connectivity index is 1.15. The molecular formula is C26H30ClF3N4S. The van der Waals surface area contributed by atoms with Gasteiger partial charge in [0.15, 0.2) is 0 Å². The summed E-state index contributed by atoms with van der Waals surface area (Å²) in [5, 5.41) is 8.37. The molecule has 4 nitrogen and oxygen atoms in total. The highest BCUT2D eigenvalue weighted by Gasteiger charge is 2.30. The fourth-order valence-corrected chi connectivity index (χ4v) is 5.55. The van der Waals surface area contributed by atoms with E-state index in [-0.39, 0.29) is 0 Å². The van der Waals surface area contributed by atoms with Crippen molar-refractivity contribution in [3.8, 4) is 0 Å². The van der Waals surface area contributed by atoms with Gasteiger partial charge >= 0.3 is 6.18 Å². The van der Waals surface area contributed by atoms with Crippen molar-refractivity contribution < 1.29 is 13.2 Å². The number of nitrogens with one attached hydrogen (secondary N) is 2. The molecule has 0 spiro atoms. The molecule has 0 radical (unpaired) electrons. The number of nitrogens with zero attached hydrogens (tertiary/aromatic N) is 2. The van der Waals surface area contributed by atoms with Gasteiger partial charge in [0.1, 0.15) is 0 Å². The second-order valence-corrected chi connectivity index (χ2v) is 10.2. The first-order valence-electron chi connectivity index (χ1n) is 12.0. The van der Waals surface area contributed by atoms with Gasteiger partial charge < -0.3 is 15.5 Å². The van der Waals surface area contributed by atoms with Crippen molar-refractivity contribution in [2.45, 2.75) is 36.8 Å². The van der Waals surface area contributed by atoms with Crippen LogP contribution in [0.15, 0.2) is 53.6 Å². The Morgan fingerprint density at radius 1 is 1.00 bits per heavy atom. The topological polar surface area (TPSA) is 40.2 Å². The number of unbranched alkanes of at least 4 members (excludes halogenated alkanes) is 3. The van der Waals surface area contributed by atoms with Gasteiger partial charge in [0, 0.05) is 54.9 Å². The highest BCUT2D eigenvalue weighted by molar-refractivity contribution is 7.99. The van der Waals surface area contributed by atoms with Crippen LogP contribution in [0, 0.1) is 0 Å². The summed E-state index contributed by atoms with van der Waals surface area (Å²) >= 11 is 8.20. The average Bonchev–Trinajstić information content (AvgIpc) is 2.85. The van der Waals surface area contributed by atoms with Gasteiger partial charge in [0.25, 0.3) is 0 Å². The fraction of sp³-hybridized carbons (Fsp3) is 0.423. The fourth-order valence-electron chi connectivity index (χ4n) is 4.20. The molecule has 2 aromatic carbocycles. The molecule has 1 saturated heterocycles. The molecule has 188 valence electrons. The van der Waals surface area contributed by atoms with Gasteiger partial charge in [0.05, 0.1) is 21.8 Å². The van der Waals surface area contributed by atoms with Crippen molar-refractivity contribution in [3.05, 3.63) is 59.2 Å². The van der Waals surface area contributed by atoms with Gasteiger partial charge in [-0.05, 0) is 55.0 Å². The van der Waals surface area contributed by atoms with Crippen molar-refractivity contribution >= 4 is 45.6 Å². The second-order valence-electron chi connectivity index (χ2n) is 8.63. The lowest BCUT2D eigenvalue weighted by Crippen LogP contribution is -2.43. The maximum atomic E-state index is 12.9. The Labute approximate surface area is 213 Å². The molecular weight excluding hydrogens is 493 g/mol. The van der Waals surface area contributed by atoms with Gasteiger partial charge in [0.2, 0.25) is 0 Å². The number of halogens is 4. The van der Waals surface area contributed by atoms with Crippen LogP contribution in [0.5, 0.6) is 0 Å². The highest BCUT2D eigenvalue weighted by Crippen LogP contribution is 2.34. The largest absolute Gasteiger partial charge is 0.416 e. The number of benzene rings is 2. The standard InChI is InChI=1S/C26H30ClF3N4S/c27-22-18-20(6-8-24(22)34-14-12-31-13-15-34)32-10-3-1-2-4-16-35-25-9-11-33-23-17-19(26(28,29)30)5-7-21(23)25/h5-9,11,17-18,31-32H,1-4,10,12-16H2. The van der Waals surface area contributed by atoms with E-state index in [9.17, 15) is 13.2 Å². The predicted molar refractivity (Wildman–Crippen MR) is 141 cm³/mol. The summed E-state index contributed by atoms with van der Waals surface area (Å²) in [7, 11) is 0. The van der Waals surface area contributed by atoms with Crippen LogP contribution >= 0.6 is 23.4 Å². The zero-order valence-electron chi connectivity index (χ0n) is 19.5. The van der Waals surface area contributed by atoms with Gasteiger partial charge in [-0.15, -0.1) is 11.8 Å². The minimum Gasteiger partial charge on any atom is -0.385 e. The molecule has 1 aromatic heterocycles. The van der Waals surface area contributed by atoms with Crippen LogP contribution in [0.2, 0.25) is 5.02 Å². The van der Waals surface area contributed by atoms with Gasteiger partial charge in [-0.2, -0.15) is 13.2 Å². The van der Waals surface area contributed by atoms with E-state index in [1.165, 1.54) is 6.07 Å². The van der Waals surface area contributed by atoms with Gasteiger partial charge in [-0.1, -0.05) is 30.5 Å². The molecule has 0 atom stereocenters. The molecule has 2 N–H and O–H groups in total. The third-order valence-electron chi connectivity index (χ3n) is 6.09. The Morgan fingerprint density at radius 3 is 2.57 bits per heavy atom. The smallest absolute Gasteiger partial charge is 0.385 e. The minimum atomic E-state index is -4.35. The van der Waals surface area contributed by atoms with Crippen LogP contribution in [0.25, 0.3) is 10.9 Å². The number of hydrogen-bond acceptors (Lipinski definition) is 5. The van der Waals surface area contributed by atoms with E-state index in [0.717, 1.165) is 103 Å². The Hall–Kier alpha value is -2.16. The van der Waals surface area contributed by atoms with E-state index >= 15 is 0 Å². The van der Waals surface area contributed by atoms with Crippen LogP contribution < -0.4 is 15.5 Å². The Bertz CT molecular complexity index is 1120. The van der Waals surface area contributed by atoms with E-state index < -0.39 is 11.7 Å². The first kappa shape index (κ1) is 25.9. The van der Waals surface area contributed by atoms with E-state index in [2.05, 4.69) is 32.7 Å². The zero-order valence-corrected chi connectivity index (χ0v) is 21.1. The van der Waals surface area contributed by atoms with Crippen molar-refractivity contribution in [2.24, 2.45) is 0 Å². The Kier molecular flexibility index (Phi) is 9.03. The summed E-state index contributed by atoms with van der Waals surface area (Å²) in [5.74, 6) is 0.927. The molecule has 0 amide bonds. The van der Waals surface area contributed by atoms with Crippen LogP contribution in [0.4, 0.5) is 24.5 Å². The summed E-state index contributed by atoms with van der Waals surface area (Å²) < 4.78 is 38.8. The first-order valence-corrected chi connectivity index (χ1v) is 13.4. The molecule has 1 aliphatic heterocycles. The summed E-state index contributed by atoms with van der Waals surface area (Å²) in [6, 6.07) is 11.9. The number of fused-ring (bicyclic) bond motifs is 1. The molecule has 1 aliphatic rings. The highest BCUT2D eigenvalue weighted by atomic mass is 35.5. The summed E-state index contributed by atoms with van der Waals surface area (Å²) in [6.07, 6.45) is 1.58. The second kappa shape index (κ2) is 12.2. The number of piperazine rings is 1. The van der Waals surface area contributed by atoms with Gasteiger partial charge in [-0.3, -0.25) is 4.98 Å². The summed E-state index contributed by atoms with van der Waals surface area (Å²) in [5.41, 5.74) is 1.87. The molecule has 3 aromatic rings. The maximum absolute atomic E-state index is 12.9. The van der Waals surface area contributed by atoms with Crippen LogP contribution in [0.3, 0.4) is 0 Å². The van der Waals surface area contributed by atoms with Gasteiger partial charge in [-0.25, -0.2) is 0 Å². The molecule has 2 heterocycles. The quantitative estimate of drug-likeness (QED) is 0.220. The third-order valence-corrected chi connectivity index (χ3v) is 7.56. The number of anilines is 2. The SMILES string of the molecule is FC(F)(F)c1ccc2c(SCCCCCCNc3ccc(N4CCNCC4)c(Cl)c3)ccnc2c1. The number of aromatic nitrogens is 1. The number of hydrogen-bond donors (Lipinski definition) is 2. The lowest BCUT2D eigenvalue weighted by molar-refractivity contribution is -0.137. The van der Waals surface area contributed by atoms with Crippen molar-refractivity contribution in [1.82, 2.24) is 10.3 Å². The molecule has 0 aliphatic carbocycles. The number of thioether (sulfide) groups is 1. The van der Waals surface area contributed by atoms with Crippen molar-refractivity contribution in [3.63, 3.8) is 0 Å². The molecule has 0 saturated carbocycles. The van der Waals surface area contributed by atoms with Crippen LogP contribution in [-0.4, -0.2) is 43.5 Å². The minimum absolute atomic E-state index is 0.386. The Morgan fingerprint density at radius 2 is 1.80 bits per heavy atom. The number of alkyl halides is 3. The molecule has 35 heavy (non-hydrogen) atoms. The third kappa shape index (κ3) is 7.18. The monoisotopic (exact) mass is 522 g/mol. The van der Waals surface area contributed by atoms with Crippen molar-refractivity contribution in [1.29, 1.82) is 0 Å². The maximum Gasteiger partial charge on any atom is 0.416 e. The zero-order chi connectivity index (χ0) is 24.7. The van der Waals surface area contributed by atoms with Crippen LogP contribution in [-0.2, 0) is 6.18 Å². The molecule has 4 rings (SSSR count). The molecule has 0 bridgehead atoms. The van der Waals surface area contributed by atoms with Crippen molar-refractivity contribution in [2.75, 3.05) is 48.7 Å². The van der Waals surface area contributed by atoms with E-state index in [0.29, 0.717) is 5.52 Å². The number of rotatable bonds is 10. The lowest BCUT2D eigenvalue weighted by Gasteiger charge is -2.30. The number of pyridine rings is 1. The summed E-state index contributed by atoms with van der Waals surface area (Å²) in [4.78, 5) is 7.41. The molecule has 1 fully saturated rings. The van der Waals surface area contributed by atoms with E-state index in [1.807, 2.05) is 12.1 Å². The summed E-state index contributed by atoms with van der Waals surface area (Å²) in [6.45, 7) is 4.81. The average molecular weight is 523 g/mol. The first-order chi connectivity index (χ1) is 16.9. The predicted octanol–water partition coefficient (Wildman–Crippen LogP) is 7.08.